The number of benzene rings is 1. The molecule has 0 unspecified atom stereocenters. The highest BCUT2D eigenvalue weighted by atomic mass is 127. The van der Waals surface area contributed by atoms with Crippen LogP contribution in [-0.2, 0) is 22.3 Å². The lowest BCUT2D eigenvalue weighted by molar-refractivity contribution is -0.160. The van der Waals surface area contributed by atoms with Gasteiger partial charge in [0.1, 0.15) is 11.4 Å². The van der Waals surface area contributed by atoms with E-state index >= 15 is 0 Å². The molecule has 3 rings (SSSR count). The molecule has 156 valence electrons. The van der Waals surface area contributed by atoms with Crippen molar-refractivity contribution in [2.45, 2.75) is 57.0 Å². The molecular formula is C19H24F3IN2O3. The third-order valence-corrected chi connectivity index (χ3v) is 6.25. The van der Waals surface area contributed by atoms with Crippen molar-refractivity contribution in [1.29, 1.82) is 0 Å². The fraction of sp³-hybridized carbons (Fsp3) is 0.632. The molecule has 1 aliphatic heterocycles. The first-order valence-electron chi connectivity index (χ1n) is 9.41. The molecule has 2 fully saturated rings. The second-order valence-corrected chi connectivity index (χ2v) is 8.58. The number of aromatic hydroxyl groups is 1. The van der Waals surface area contributed by atoms with Crippen molar-refractivity contribution in [2.75, 3.05) is 13.2 Å². The fourth-order valence-electron chi connectivity index (χ4n) is 3.76. The van der Waals surface area contributed by atoms with Gasteiger partial charge in [0, 0.05) is 18.2 Å². The summed E-state index contributed by atoms with van der Waals surface area (Å²) in [7, 11) is 0. The number of rotatable bonds is 6. The van der Waals surface area contributed by atoms with Gasteiger partial charge in [0.15, 0.2) is 0 Å². The Bertz CT molecular complexity index is 730. The zero-order valence-electron chi connectivity index (χ0n) is 15.5. The third kappa shape index (κ3) is 4.56. The molecule has 28 heavy (non-hydrogen) atoms. The molecule has 2 aliphatic rings. The number of phenols is 1. The minimum atomic E-state index is -4.52. The number of amides is 1. The Kier molecular flexibility index (Phi) is 6.45. The quantitative estimate of drug-likeness (QED) is 0.510. The van der Waals surface area contributed by atoms with E-state index in [0.29, 0.717) is 13.0 Å². The Labute approximate surface area is 175 Å². The average Bonchev–Trinajstić information content (AvgIpc) is 3.48. The van der Waals surface area contributed by atoms with Gasteiger partial charge in [-0.1, -0.05) is 6.92 Å². The van der Waals surface area contributed by atoms with Crippen LogP contribution in [0.25, 0.3) is 0 Å². The number of ether oxygens (including phenoxy) is 1. The SMILES string of the molecule is CCN[C@@H]1CC[C@@](C(=O)NCc2cc(C(F)(F)F)cc(I)c2O)(C2CC2)OC1. The lowest BCUT2D eigenvalue weighted by Crippen LogP contribution is -2.56. The molecule has 0 spiro atoms. The topological polar surface area (TPSA) is 70.6 Å². The van der Waals surface area contributed by atoms with Gasteiger partial charge in [-0.05, 0) is 72.9 Å². The standard InChI is InChI=1S/C19H24F3IN2O3/c1-2-24-14-5-6-18(28-10-14,12-3-4-12)17(27)25-9-11-7-13(19(20,21)22)8-15(23)16(11)26/h7-8,12,14,24,26H,2-6,9-10H2,1H3,(H,25,27)/t14-,18+/m1/s1. The van der Waals surface area contributed by atoms with Gasteiger partial charge in [-0.25, -0.2) is 0 Å². The molecule has 1 saturated heterocycles. The van der Waals surface area contributed by atoms with Crippen LogP contribution in [0.15, 0.2) is 12.1 Å². The van der Waals surface area contributed by atoms with Crippen LogP contribution in [0.4, 0.5) is 13.2 Å². The molecule has 0 aromatic heterocycles. The van der Waals surface area contributed by atoms with Crippen LogP contribution < -0.4 is 10.6 Å². The smallest absolute Gasteiger partial charge is 0.416 e. The molecule has 2 atom stereocenters. The molecular weight excluding hydrogens is 488 g/mol. The Balaban J connectivity index is 1.72. The summed E-state index contributed by atoms with van der Waals surface area (Å²) in [6, 6.07) is 1.97. The normalized spacial score (nSPS) is 25.5. The van der Waals surface area contributed by atoms with Gasteiger partial charge < -0.3 is 20.5 Å². The lowest BCUT2D eigenvalue weighted by Gasteiger charge is -2.39. The molecule has 1 saturated carbocycles. The van der Waals surface area contributed by atoms with Crippen LogP contribution >= 0.6 is 22.6 Å². The van der Waals surface area contributed by atoms with Crippen molar-refractivity contribution in [1.82, 2.24) is 10.6 Å². The molecule has 3 N–H and O–H groups in total. The van der Waals surface area contributed by atoms with Crippen molar-refractivity contribution in [3.05, 3.63) is 26.8 Å². The fourth-order valence-corrected chi connectivity index (χ4v) is 4.44. The first-order valence-corrected chi connectivity index (χ1v) is 10.5. The molecule has 9 heteroatoms. The van der Waals surface area contributed by atoms with E-state index in [2.05, 4.69) is 10.6 Å². The zero-order valence-corrected chi connectivity index (χ0v) is 17.7. The molecule has 1 heterocycles. The minimum Gasteiger partial charge on any atom is -0.506 e. The number of hydrogen-bond acceptors (Lipinski definition) is 4. The van der Waals surface area contributed by atoms with Gasteiger partial charge in [0.05, 0.1) is 15.7 Å². The predicted octanol–water partition coefficient (Wildman–Crippen LogP) is 3.57. The van der Waals surface area contributed by atoms with Gasteiger partial charge in [0.25, 0.3) is 5.91 Å². The van der Waals surface area contributed by atoms with Crippen molar-refractivity contribution in [3.63, 3.8) is 0 Å². The molecule has 0 bridgehead atoms. The number of phenolic OH excluding ortho intramolecular Hbond substituents is 1. The Morgan fingerprint density at radius 1 is 1.36 bits per heavy atom. The number of hydrogen-bond donors (Lipinski definition) is 3. The largest absolute Gasteiger partial charge is 0.506 e. The first-order chi connectivity index (χ1) is 13.2. The van der Waals surface area contributed by atoms with Crippen LogP contribution in [0.5, 0.6) is 5.75 Å². The van der Waals surface area contributed by atoms with Gasteiger partial charge in [-0.2, -0.15) is 13.2 Å². The van der Waals surface area contributed by atoms with Gasteiger partial charge in [0.2, 0.25) is 0 Å². The second-order valence-electron chi connectivity index (χ2n) is 7.41. The summed E-state index contributed by atoms with van der Waals surface area (Å²) in [5, 5.41) is 16.1. The second kappa shape index (κ2) is 8.35. The number of nitrogens with one attached hydrogen (secondary N) is 2. The van der Waals surface area contributed by atoms with Gasteiger partial charge in [-0.15, -0.1) is 0 Å². The number of alkyl halides is 3. The maximum atomic E-state index is 13.0. The van der Waals surface area contributed by atoms with E-state index in [1.807, 2.05) is 6.92 Å². The van der Waals surface area contributed by atoms with Gasteiger partial charge in [-0.3, -0.25) is 4.79 Å². The highest BCUT2D eigenvalue weighted by Crippen LogP contribution is 2.46. The number of carbonyl (C=O) groups is 1. The monoisotopic (exact) mass is 512 g/mol. The predicted molar refractivity (Wildman–Crippen MR) is 106 cm³/mol. The maximum absolute atomic E-state index is 13.0. The highest BCUT2D eigenvalue weighted by Gasteiger charge is 2.53. The first kappa shape index (κ1) is 21.6. The lowest BCUT2D eigenvalue weighted by atomic mass is 9.86. The minimum absolute atomic E-state index is 0.0415. The van der Waals surface area contributed by atoms with Crippen LogP contribution in [0.3, 0.4) is 0 Å². The van der Waals surface area contributed by atoms with Crippen molar-refractivity contribution < 1.29 is 27.8 Å². The number of halogens is 4. The highest BCUT2D eigenvalue weighted by molar-refractivity contribution is 14.1. The van der Waals surface area contributed by atoms with Crippen molar-refractivity contribution in [3.8, 4) is 5.75 Å². The summed E-state index contributed by atoms with van der Waals surface area (Å²) in [6.45, 7) is 3.09. The van der Waals surface area contributed by atoms with E-state index in [1.165, 1.54) is 0 Å². The van der Waals surface area contributed by atoms with Crippen molar-refractivity contribution >= 4 is 28.5 Å². The van der Waals surface area contributed by atoms with Crippen LogP contribution in [0, 0.1) is 9.49 Å². The third-order valence-electron chi connectivity index (χ3n) is 5.43. The summed E-state index contributed by atoms with van der Waals surface area (Å²) in [6.07, 6.45) is -1.31. The van der Waals surface area contributed by atoms with Crippen LogP contribution in [-0.4, -0.2) is 35.8 Å². The molecule has 1 aromatic carbocycles. The Morgan fingerprint density at radius 3 is 2.61 bits per heavy atom. The van der Waals surface area contributed by atoms with E-state index in [0.717, 1.165) is 37.9 Å². The molecule has 0 radical (unpaired) electrons. The Hall–Kier alpha value is -1.07. The summed E-state index contributed by atoms with van der Waals surface area (Å²) in [5.41, 5.74) is -1.73. The number of carbonyl (C=O) groups excluding carboxylic acids is 1. The van der Waals surface area contributed by atoms with Crippen LogP contribution in [0.1, 0.15) is 43.7 Å². The zero-order chi connectivity index (χ0) is 20.5. The van der Waals surface area contributed by atoms with E-state index in [1.54, 1.807) is 22.6 Å². The average molecular weight is 512 g/mol. The maximum Gasteiger partial charge on any atom is 0.416 e. The summed E-state index contributed by atoms with van der Waals surface area (Å²) < 4.78 is 45.2. The molecule has 1 aromatic rings. The van der Waals surface area contributed by atoms with E-state index in [9.17, 15) is 23.1 Å². The number of likely N-dealkylation sites (N-methyl/N-ethyl adjacent to an activating group) is 1. The van der Waals surface area contributed by atoms with E-state index in [-0.39, 0.29) is 39.3 Å². The molecule has 5 nitrogen and oxygen atoms in total. The Morgan fingerprint density at radius 2 is 2.07 bits per heavy atom. The summed E-state index contributed by atoms with van der Waals surface area (Å²) in [4.78, 5) is 13.0. The van der Waals surface area contributed by atoms with Gasteiger partial charge >= 0.3 is 6.18 Å². The molecule has 1 amide bonds. The van der Waals surface area contributed by atoms with Crippen molar-refractivity contribution in [2.24, 2.45) is 5.92 Å². The summed E-state index contributed by atoms with van der Waals surface area (Å²) >= 11 is 1.65. The van der Waals surface area contributed by atoms with E-state index < -0.39 is 17.3 Å². The summed E-state index contributed by atoms with van der Waals surface area (Å²) in [5.74, 6) is -0.409. The van der Waals surface area contributed by atoms with Crippen LogP contribution in [0.2, 0.25) is 0 Å². The van der Waals surface area contributed by atoms with E-state index in [4.69, 9.17) is 4.74 Å². The molecule has 1 aliphatic carbocycles.